The maximum absolute atomic E-state index is 12.9. The summed E-state index contributed by atoms with van der Waals surface area (Å²) in [7, 11) is 0. The van der Waals surface area contributed by atoms with Gasteiger partial charge < -0.3 is 21.1 Å². The number of amides is 2. The molecule has 2 aromatic rings. The lowest BCUT2D eigenvalue weighted by Gasteiger charge is -2.18. The Labute approximate surface area is 208 Å². The SMILES string of the molecule is CCC[C@@H](CO)NC(=O)C(C#N)=c1sc(=CNc2cccc(NC(=O)C(C)(C)C)c2)c(=O)n1CC. The summed E-state index contributed by atoms with van der Waals surface area (Å²) in [6.07, 6.45) is 2.86. The third-order valence-electron chi connectivity index (χ3n) is 5.14. The lowest BCUT2D eigenvalue weighted by Crippen LogP contribution is -2.40. The second-order valence-corrected chi connectivity index (χ2v) is 10.1. The number of carbonyl (C=O) groups excluding carboxylic acids is 2. The zero-order chi connectivity index (χ0) is 26.2. The first kappa shape index (κ1) is 27.8. The Bertz CT molecular complexity index is 1280. The highest BCUT2D eigenvalue weighted by Gasteiger charge is 2.21. The third-order valence-corrected chi connectivity index (χ3v) is 6.27. The van der Waals surface area contributed by atoms with Crippen LogP contribution in [0.4, 0.5) is 11.4 Å². The number of hydrogen-bond acceptors (Lipinski definition) is 7. The van der Waals surface area contributed by atoms with Gasteiger partial charge in [0, 0.05) is 29.5 Å². The van der Waals surface area contributed by atoms with Crippen molar-refractivity contribution in [3.63, 3.8) is 0 Å². The molecule has 0 aliphatic rings. The van der Waals surface area contributed by atoms with Crippen LogP contribution in [0.1, 0.15) is 47.5 Å². The van der Waals surface area contributed by atoms with E-state index in [0.717, 1.165) is 17.8 Å². The van der Waals surface area contributed by atoms with E-state index in [1.165, 1.54) is 10.8 Å². The summed E-state index contributed by atoms with van der Waals surface area (Å²) in [5.74, 6) is -0.738. The molecule has 35 heavy (non-hydrogen) atoms. The van der Waals surface area contributed by atoms with Crippen molar-refractivity contribution < 1.29 is 14.7 Å². The van der Waals surface area contributed by atoms with Crippen molar-refractivity contribution in [1.29, 1.82) is 5.26 Å². The summed E-state index contributed by atoms with van der Waals surface area (Å²) in [4.78, 5) is 37.9. The van der Waals surface area contributed by atoms with E-state index >= 15 is 0 Å². The molecule has 0 fully saturated rings. The molecule has 0 aliphatic carbocycles. The van der Waals surface area contributed by atoms with Crippen molar-refractivity contribution >= 4 is 46.3 Å². The Balaban J connectivity index is 2.42. The van der Waals surface area contributed by atoms with Gasteiger partial charge in [0.2, 0.25) is 5.91 Å². The van der Waals surface area contributed by atoms with E-state index in [0.29, 0.717) is 22.3 Å². The molecule has 1 aromatic carbocycles. The van der Waals surface area contributed by atoms with E-state index in [1.54, 1.807) is 31.2 Å². The monoisotopic (exact) mass is 499 g/mol. The van der Waals surface area contributed by atoms with E-state index in [4.69, 9.17) is 0 Å². The smallest absolute Gasteiger partial charge is 0.270 e. The number of thiazole rings is 1. The number of rotatable bonds is 9. The molecule has 188 valence electrons. The van der Waals surface area contributed by atoms with Gasteiger partial charge in [0.15, 0.2) is 5.57 Å². The van der Waals surface area contributed by atoms with Crippen LogP contribution in [0.2, 0.25) is 0 Å². The number of carbonyl (C=O) groups is 2. The zero-order valence-corrected chi connectivity index (χ0v) is 21.6. The molecule has 10 heteroatoms. The minimum atomic E-state index is -0.620. The molecule has 0 bridgehead atoms. The van der Waals surface area contributed by atoms with Crippen molar-refractivity contribution in [1.82, 2.24) is 9.88 Å². The summed E-state index contributed by atoms with van der Waals surface area (Å²) < 4.78 is 1.95. The van der Waals surface area contributed by atoms with Crippen LogP contribution in [0, 0.1) is 16.7 Å². The fraction of sp³-hybridized carbons (Fsp3) is 0.440. The van der Waals surface area contributed by atoms with Crippen molar-refractivity contribution in [3.8, 4) is 6.07 Å². The molecule has 1 heterocycles. The lowest BCUT2D eigenvalue weighted by atomic mass is 9.95. The molecular formula is C25H33N5O4S. The first-order valence-corrected chi connectivity index (χ1v) is 12.3. The van der Waals surface area contributed by atoms with E-state index in [-0.39, 0.29) is 34.9 Å². The van der Waals surface area contributed by atoms with Gasteiger partial charge in [-0.25, -0.2) is 0 Å². The average molecular weight is 500 g/mol. The normalized spacial score (nSPS) is 13.6. The summed E-state index contributed by atoms with van der Waals surface area (Å²) >= 11 is 1.04. The fourth-order valence-electron chi connectivity index (χ4n) is 3.16. The van der Waals surface area contributed by atoms with Gasteiger partial charge in [0.05, 0.1) is 12.6 Å². The second-order valence-electron chi connectivity index (χ2n) is 9.02. The Morgan fingerprint density at radius 3 is 2.51 bits per heavy atom. The Morgan fingerprint density at radius 2 is 1.94 bits per heavy atom. The maximum Gasteiger partial charge on any atom is 0.270 e. The van der Waals surface area contributed by atoms with Crippen LogP contribution in [0.3, 0.4) is 0 Å². The number of aliphatic hydroxyl groups is 1. The molecule has 1 atom stereocenters. The van der Waals surface area contributed by atoms with Crippen molar-refractivity contribution in [2.24, 2.45) is 5.41 Å². The highest BCUT2D eigenvalue weighted by Crippen LogP contribution is 2.20. The fourth-order valence-corrected chi connectivity index (χ4v) is 4.24. The average Bonchev–Trinajstić information content (AvgIpc) is 3.12. The Morgan fingerprint density at radius 1 is 1.26 bits per heavy atom. The maximum atomic E-state index is 12.9. The van der Waals surface area contributed by atoms with Crippen molar-refractivity contribution in [3.05, 3.63) is 43.8 Å². The van der Waals surface area contributed by atoms with Gasteiger partial charge in [-0.3, -0.25) is 19.0 Å². The second kappa shape index (κ2) is 12.3. The Hall–Kier alpha value is -3.42. The molecule has 0 saturated carbocycles. The standard InChI is InChI=1S/C25H33N5O4S/c1-6-9-18(15-31)28-21(32)19(13-26)23-30(7-2)22(33)20(35-23)14-27-16-10-8-11-17(12-16)29-24(34)25(3,4)5/h8,10-12,14,18,27,31H,6-7,9,15H2,1-5H3,(H,28,32)(H,29,34)/t18-/m0/s1. The third kappa shape index (κ3) is 7.28. The Kier molecular flexibility index (Phi) is 9.80. The number of nitrogens with one attached hydrogen (secondary N) is 3. The molecular weight excluding hydrogens is 466 g/mol. The first-order valence-electron chi connectivity index (χ1n) is 11.5. The van der Waals surface area contributed by atoms with Gasteiger partial charge in [0.25, 0.3) is 11.5 Å². The number of benzene rings is 1. The molecule has 2 rings (SSSR count). The molecule has 0 unspecified atom stereocenters. The van der Waals surface area contributed by atoms with E-state index < -0.39 is 17.4 Å². The van der Waals surface area contributed by atoms with Crippen LogP contribution in [-0.2, 0) is 16.1 Å². The van der Waals surface area contributed by atoms with Gasteiger partial charge in [-0.2, -0.15) is 5.26 Å². The number of nitrogens with zero attached hydrogens (tertiary/aromatic N) is 2. The van der Waals surface area contributed by atoms with Crippen LogP contribution < -0.4 is 30.7 Å². The highest BCUT2D eigenvalue weighted by atomic mass is 32.1. The van der Waals surface area contributed by atoms with Crippen LogP contribution >= 0.6 is 11.3 Å². The molecule has 0 saturated heterocycles. The lowest BCUT2D eigenvalue weighted by molar-refractivity contribution is -0.123. The number of aromatic nitrogens is 1. The minimum absolute atomic E-state index is 0.118. The van der Waals surface area contributed by atoms with Crippen LogP contribution in [-0.4, -0.2) is 34.1 Å². The zero-order valence-electron chi connectivity index (χ0n) is 20.8. The predicted octanol–water partition coefficient (Wildman–Crippen LogP) is 1.72. The van der Waals surface area contributed by atoms with Gasteiger partial charge in [-0.05, 0) is 31.5 Å². The summed E-state index contributed by atoms with van der Waals surface area (Å²) in [6, 6.07) is 8.54. The number of aliphatic hydroxyl groups excluding tert-OH is 1. The topological polar surface area (TPSA) is 136 Å². The van der Waals surface area contributed by atoms with E-state index in [9.17, 15) is 24.8 Å². The molecule has 1 aromatic heterocycles. The first-order chi connectivity index (χ1) is 16.5. The van der Waals surface area contributed by atoms with Crippen LogP contribution in [0.15, 0.2) is 29.1 Å². The number of hydrogen-bond donors (Lipinski definition) is 4. The molecule has 9 nitrogen and oxygen atoms in total. The molecule has 4 N–H and O–H groups in total. The van der Waals surface area contributed by atoms with E-state index in [1.807, 2.05) is 33.8 Å². The largest absolute Gasteiger partial charge is 0.394 e. The quantitative estimate of drug-likeness (QED) is 0.415. The van der Waals surface area contributed by atoms with Crippen molar-refractivity contribution in [2.45, 2.75) is 60.0 Å². The minimum Gasteiger partial charge on any atom is -0.394 e. The summed E-state index contributed by atoms with van der Waals surface area (Å²) in [5.41, 5.74) is 0.230. The van der Waals surface area contributed by atoms with Crippen LogP contribution in [0.25, 0.3) is 11.8 Å². The van der Waals surface area contributed by atoms with Gasteiger partial charge >= 0.3 is 0 Å². The summed E-state index contributed by atoms with van der Waals surface area (Å²) in [5, 5.41) is 27.7. The van der Waals surface area contributed by atoms with Gasteiger partial charge in [-0.1, -0.05) is 40.2 Å². The van der Waals surface area contributed by atoms with Crippen molar-refractivity contribution in [2.75, 3.05) is 17.2 Å². The highest BCUT2D eigenvalue weighted by molar-refractivity contribution is 7.07. The number of anilines is 2. The number of nitriles is 1. The summed E-state index contributed by atoms with van der Waals surface area (Å²) in [6.45, 7) is 9.21. The van der Waals surface area contributed by atoms with Gasteiger partial charge in [0.1, 0.15) is 15.3 Å². The molecule has 2 amide bonds. The predicted molar refractivity (Wildman–Crippen MR) is 139 cm³/mol. The van der Waals surface area contributed by atoms with E-state index in [2.05, 4.69) is 16.0 Å². The molecule has 0 aliphatic heterocycles. The molecule has 0 radical (unpaired) electrons. The molecule has 0 spiro atoms. The van der Waals surface area contributed by atoms with Gasteiger partial charge in [-0.15, -0.1) is 11.3 Å². The van der Waals surface area contributed by atoms with Crippen LogP contribution in [0.5, 0.6) is 0 Å².